The molecule has 1 N–H and O–H groups in total. The van der Waals surface area contributed by atoms with Gasteiger partial charge in [-0.1, -0.05) is 12.1 Å². The van der Waals surface area contributed by atoms with Crippen LogP contribution in [0.4, 0.5) is 4.39 Å². The van der Waals surface area contributed by atoms with Crippen LogP contribution in [-0.4, -0.2) is 64.3 Å². The number of aliphatic hydroxyl groups is 1. The van der Waals surface area contributed by atoms with Crippen molar-refractivity contribution in [1.82, 2.24) is 15.0 Å². The first kappa shape index (κ1) is 19.8. The Balaban J connectivity index is 1.47. The van der Waals surface area contributed by atoms with Crippen molar-refractivity contribution in [1.29, 1.82) is 0 Å². The first-order chi connectivity index (χ1) is 13.0. The van der Waals surface area contributed by atoms with Crippen LogP contribution in [0.3, 0.4) is 0 Å². The van der Waals surface area contributed by atoms with Crippen LogP contribution in [0.2, 0.25) is 0 Å². The Morgan fingerprint density at radius 1 is 1.26 bits per heavy atom. The average Bonchev–Trinajstić information content (AvgIpc) is 3.30. The van der Waals surface area contributed by atoms with Crippen molar-refractivity contribution in [2.75, 3.05) is 32.7 Å². The zero-order valence-corrected chi connectivity index (χ0v) is 16.1. The molecule has 27 heavy (non-hydrogen) atoms. The molecule has 1 heterocycles. The molecule has 0 aliphatic heterocycles. The summed E-state index contributed by atoms with van der Waals surface area (Å²) in [6.45, 7) is 7.82. The van der Waals surface area contributed by atoms with Gasteiger partial charge >= 0.3 is 0 Å². The highest BCUT2D eigenvalue weighted by Gasteiger charge is 2.49. The average molecular weight is 377 g/mol. The lowest BCUT2D eigenvalue weighted by atomic mass is 10.1. The fourth-order valence-electron chi connectivity index (χ4n) is 3.33. The van der Waals surface area contributed by atoms with Crippen LogP contribution in [0, 0.1) is 5.82 Å². The minimum atomic E-state index is -1.10. The van der Waals surface area contributed by atoms with Gasteiger partial charge in [0.05, 0.1) is 5.69 Å². The number of fused-ring (bicyclic) bond motifs is 1. The molecule has 0 bridgehead atoms. The number of benzene rings is 1. The summed E-state index contributed by atoms with van der Waals surface area (Å²) in [4.78, 5) is 16.3. The van der Waals surface area contributed by atoms with Crippen molar-refractivity contribution >= 4 is 16.9 Å². The van der Waals surface area contributed by atoms with Gasteiger partial charge in [0, 0.05) is 31.1 Å². The number of carbonyl (C=O) groups excluding carboxylic acids is 1. The number of carbonyl (C=O) groups is 1. The Bertz CT molecular complexity index is 788. The molecule has 0 unspecified atom stereocenters. The minimum absolute atomic E-state index is 0.137. The Morgan fingerprint density at radius 3 is 2.70 bits per heavy atom. The smallest absolute Gasteiger partial charge is 0.254 e. The third kappa shape index (κ3) is 4.65. The molecule has 0 saturated heterocycles. The number of nitrogens with zero attached hydrogens (tertiary/aromatic N) is 3. The molecule has 148 valence electrons. The van der Waals surface area contributed by atoms with E-state index in [1.54, 1.807) is 11.0 Å². The summed E-state index contributed by atoms with van der Waals surface area (Å²) in [5.74, 6) is -0.462. The van der Waals surface area contributed by atoms with E-state index in [2.05, 4.69) is 17.0 Å². The number of rotatable bonds is 10. The zero-order chi connectivity index (χ0) is 19.4. The van der Waals surface area contributed by atoms with Gasteiger partial charge in [0.25, 0.3) is 5.91 Å². The predicted octanol–water partition coefficient (Wildman–Crippen LogP) is 2.59. The van der Waals surface area contributed by atoms with E-state index < -0.39 is 5.60 Å². The minimum Gasteiger partial charge on any atom is -0.380 e. The first-order valence-electron chi connectivity index (χ1n) is 9.74. The lowest BCUT2D eigenvalue weighted by Crippen LogP contribution is -2.44. The third-order valence-corrected chi connectivity index (χ3v) is 5.32. The number of likely N-dealkylation sites (N-methyl/N-ethyl adjacent to an activating group) is 2. The zero-order valence-electron chi connectivity index (χ0n) is 16.1. The predicted molar refractivity (Wildman–Crippen MR) is 101 cm³/mol. The highest BCUT2D eigenvalue weighted by molar-refractivity contribution is 5.87. The number of halogens is 1. The van der Waals surface area contributed by atoms with E-state index >= 15 is 0 Å². The molecule has 1 fully saturated rings. The molecular weight excluding hydrogens is 349 g/mol. The quantitative estimate of drug-likeness (QED) is 0.689. The van der Waals surface area contributed by atoms with Crippen molar-refractivity contribution in [3.05, 3.63) is 29.7 Å². The van der Waals surface area contributed by atoms with Gasteiger partial charge in [-0.2, -0.15) is 0 Å². The number of aromatic nitrogens is 1. The van der Waals surface area contributed by atoms with Crippen molar-refractivity contribution < 1.29 is 18.8 Å². The molecule has 0 atom stereocenters. The van der Waals surface area contributed by atoms with Crippen molar-refractivity contribution in [2.24, 2.45) is 0 Å². The molecule has 1 aliphatic rings. The van der Waals surface area contributed by atoms with Gasteiger partial charge in [-0.05, 0) is 57.8 Å². The van der Waals surface area contributed by atoms with Crippen LogP contribution in [0.5, 0.6) is 0 Å². The summed E-state index contributed by atoms with van der Waals surface area (Å²) in [7, 11) is 0. The Kier molecular flexibility index (Phi) is 6.11. The molecule has 1 saturated carbocycles. The monoisotopic (exact) mass is 377 g/mol. The molecular formula is C20H28FN3O3. The van der Waals surface area contributed by atoms with Crippen LogP contribution in [-0.2, 0) is 11.2 Å². The molecule has 1 aromatic heterocycles. The fraction of sp³-hybridized carbons (Fsp3) is 0.600. The molecule has 3 rings (SSSR count). The van der Waals surface area contributed by atoms with Crippen LogP contribution >= 0.6 is 0 Å². The summed E-state index contributed by atoms with van der Waals surface area (Å²) in [5, 5.41) is 15.0. The lowest BCUT2D eigenvalue weighted by Gasteiger charge is -2.27. The summed E-state index contributed by atoms with van der Waals surface area (Å²) >= 11 is 0. The van der Waals surface area contributed by atoms with Gasteiger partial charge < -0.3 is 19.4 Å². The number of aryl methyl sites for hydroxylation is 1. The fourth-order valence-corrected chi connectivity index (χ4v) is 3.33. The van der Waals surface area contributed by atoms with E-state index in [9.17, 15) is 14.3 Å². The molecule has 2 aromatic rings. The molecule has 6 nitrogen and oxygen atoms in total. The van der Waals surface area contributed by atoms with Gasteiger partial charge in [-0.25, -0.2) is 4.39 Å². The molecule has 1 amide bonds. The van der Waals surface area contributed by atoms with Crippen LogP contribution in [0.1, 0.15) is 38.8 Å². The van der Waals surface area contributed by atoms with Gasteiger partial charge in [-0.3, -0.25) is 4.79 Å². The van der Waals surface area contributed by atoms with Gasteiger partial charge in [-0.15, -0.1) is 0 Å². The third-order valence-electron chi connectivity index (χ3n) is 5.32. The van der Waals surface area contributed by atoms with Gasteiger partial charge in [0.1, 0.15) is 11.4 Å². The van der Waals surface area contributed by atoms with E-state index in [-0.39, 0.29) is 11.7 Å². The topological polar surface area (TPSA) is 69.8 Å². The maximum atomic E-state index is 13.2. The van der Waals surface area contributed by atoms with Crippen LogP contribution in [0.15, 0.2) is 22.7 Å². The van der Waals surface area contributed by atoms with Crippen molar-refractivity contribution in [2.45, 2.75) is 45.1 Å². The SMILES string of the molecule is CCN(CCCc1noc2cc(F)ccc12)CCN(CC)C(=O)C1(O)CC1. The molecule has 0 radical (unpaired) electrons. The standard InChI is InChI=1S/C20H28FN3O3/c1-3-23(12-13-24(4-2)19(25)20(26)9-10-20)11-5-6-17-16-8-7-15(21)14-18(16)27-22-17/h7-8,14,26H,3-6,9-13H2,1-2H3. The van der Waals surface area contributed by atoms with E-state index in [4.69, 9.17) is 4.52 Å². The van der Waals surface area contributed by atoms with E-state index in [1.807, 2.05) is 6.92 Å². The van der Waals surface area contributed by atoms with Gasteiger partial charge in [0.2, 0.25) is 0 Å². The maximum Gasteiger partial charge on any atom is 0.254 e. The molecule has 0 spiro atoms. The van der Waals surface area contributed by atoms with Crippen molar-refractivity contribution in [3.63, 3.8) is 0 Å². The number of hydrogen-bond acceptors (Lipinski definition) is 5. The molecule has 1 aliphatic carbocycles. The van der Waals surface area contributed by atoms with Gasteiger partial charge in [0.15, 0.2) is 5.58 Å². The van der Waals surface area contributed by atoms with E-state index in [0.717, 1.165) is 43.6 Å². The molecule has 7 heteroatoms. The molecule has 1 aromatic carbocycles. The summed E-state index contributed by atoms with van der Waals surface area (Å²) in [6, 6.07) is 4.49. The second-order valence-electron chi connectivity index (χ2n) is 7.22. The van der Waals surface area contributed by atoms with Crippen LogP contribution < -0.4 is 0 Å². The maximum absolute atomic E-state index is 13.2. The normalized spacial score (nSPS) is 15.4. The number of hydrogen-bond donors (Lipinski definition) is 1. The summed E-state index contributed by atoms with van der Waals surface area (Å²) < 4.78 is 18.4. The Hall–Kier alpha value is -1.99. The largest absolute Gasteiger partial charge is 0.380 e. The first-order valence-corrected chi connectivity index (χ1v) is 9.74. The second kappa shape index (κ2) is 8.35. The Labute approximate surface area is 158 Å². The lowest BCUT2D eigenvalue weighted by molar-refractivity contribution is -0.142. The van der Waals surface area contributed by atoms with E-state index in [0.29, 0.717) is 31.5 Å². The van der Waals surface area contributed by atoms with E-state index in [1.165, 1.54) is 12.1 Å². The number of amides is 1. The second-order valence-corrected chi connectivity index (χ2v) is 7.22. The summed E-state index contributed by atoms with van der Waals surface area (Å²) in [5.41, 5.74) is 0.232. The van der Waals surface area contributed by atoms with Crippen LogP contribution in [0.25, 0.3) is 11.0 Å². The summed E-state index contributed by atoms with van der Waals surface area (Å²) in [6.07, 6.45) is 2.81. The Morgan fingerprint density at radius 2 is 2.04 bits per heavy atom. The van der Waals surface area contributed by atoms with Crippen molar-refractivity contribution in [3.8, 4) is 0 Å². The highest BCUT2D eigenvalue weighted by Crippen LogP contribution is 2.36. The highest BCUT2D eigenvalue weighted by atomic mass is 19.1.